The number of carbonyl (C=O) groups is 3. The number of nitrogens with zero attached hydrogens (tertiary/aromatic N) is 1. The predicted octanol–water partition coefficient (Wildman–Crippen LogP) is 2.30. The number of rotatable bonds is 7. The van der Waals surface area contributed by atoms with E-state index in [2.05, 4.69) is 5.32 Å². The molecule has 1 aromatic heterocycles. The number of amides is 2. The molecule has 26 heavy (non-hydrogen) atoms. The number of anilines is 1. The zero-order valence-corrected chi connectivity index (χ0v) is 14.5. The molecule has 0 atom stereocenters. The summed E-state index contributed by atoms with van der Waals surface area (Å²) < 4.78 is 10.6. The molecule has 1 N–H and O–H groups in total. The second-order valence-electron chi connectivity index (χ2n) is 6.03. The Hall–Kier alpha value is -3.09. The Kier molecular flexibility index (Phi) is 5.36. The van der Waals surface area contributed by atoms with Crippen LogP contribution in [0.3, 0.4) is 0 Å². The fraction of sp³-hybridized carbons (Fsp3) is 0.316. The van der Waals surface area contributed by atoms with Crippen molar-refractivity contribution < 1.29 is 23.5 Å². The smallest absolute Gasteiger partial charge is 0.265 e. The molecule has 1 aliphatic heterocycles. The highest BCUT2D eigenvalue weighted by molar-refractivity contribution is 6.01. The summed E-state index contributed by atoms with van der Waals surface area (Å²) in [5.74, 6) is 0.876. The van der Waals surface area contributed by atoms with Gasteiger partial charge in [0.2, 0.25) is 5.91 Å². The van der Waals surface area contributed by atoms with Crippen LogP contribution in [-0.2, 0) is 16.1 Å². The highest BCUT2D eigenvalue weighted by atomic mass is 16.5. The quantitative estimate of drug-likeness (QED) is 0.769. The van der Waals surface area contributed by atoms with Crippen molar-refractivity contribution in [3.8, 4) is 5.75 Å². The Bertz CT molecular complexity index is 813. The van der Waals surface area contributed by atoms with E-state index in [0.29, 0.717) is 42.3 Å². The van der Waals surface area contributed by atoms with Gasteiger partial charge < -0.3 is 19.4 Å². The van der Waals surface area contributed by atoms with Gasteiger partial charge in [-0.1, -0.05) is 0 Å². The predicted molar refractivity (Wildman–Crippen MR) is 94.1 cm³/mol. The van der Waals surface area contributed by atoms with Gasteiger partial charge in [-0.3, -0.25) is 14.4 Å². The molecule has 2 aromatic rings. The molecule has 0 spiro atoms. The summed E-state index contributed by atoms with van der Waals surface area (Å²) in [6, 6.07) is 8.58. The van der Waals surface area contributed by atoms with Crippen molar-refractivity contribution in [2.75, 3.05) is 18.1 Å². The maximum Gasteiger partial charge on any atom is 0.265 e. The minimum atomic E-state index is -0.186. The molecule has 2 heterocycles. The van der Waals surface area contributed by atoms with E-state index in [1.807, 2.05) is 0 Å². The van der Waals surface area contributed by atoms with Crippen molar-refractivity contribution in [2.45, 2.75) is 26.3 Å². The van der Waals surface area contributed by atoms with Gasteiger partial charge in [-0.15, -0.1) is 0 Å². The van der Waals surface area contributed by atoms with Crippen LogP contribution in [0.25, 0.3) is 0 Å². The van der Waals surface area contributed by atoms with Crippen LogP contribution >= 0.6 is 0 Å². The van der Waals surface area contributed by atoms with E-state index < -0.39 is 0 Å². The highest BCUT2D eigenvalue weighted by Gasteiger charge is 2.26. The van der Waals surface area contributed by atoms with Crippen LogP contribution in [0.15, 0.2) is 41.0 Å². The molecule has 0 saturated carbocycles. The fourth-order valence-corrected chi connectivity index (χ4v) is 2.75. The van der Waals surface area contributed by atoms with E-state index in [-0.39, 0.29) is 30.6 Å². The van der Waals surface area contributed by atoms with Crippen LogP contribution in [0.1, 0.15) is 35.9 Å². The molecule has 0 aliphatic carbocycles. The van der Waals surface area contributed by atoms with Crippen LogP contribution in [0.2, 0.25) is 0 Å². The molecule has 7 nitrogen and oxygen atoms in total. The van der Waals surface area contributed by atoms with Crippen molar-refractivity contribution in [2.24, 2.45) is 0 Å². The number of ketones is 1. The first-order valence-electron chi connectivity index (χ1n) is 8.42. The van der Waals surface area contributed by atoms with Crippen LogP contribution in [0.5, 0.6) is 5.75 Å². The SMILES string of the molecule is CC(=O)c1ccc2c(c1)N(CCCC(=O)NCc1ccco1)C(=O)CO2. The normalized spacial score (nSPS) is 13.1. The number of benzene rings is 1. The molecular weight excluding hydrogens is 336 g/mol. The summed E-state index contributed by atoms with van der Waals surface area (Å²) in [6.45, 7) is 2.15. The molecule has 0 saturated heterocycles. The van der Waals surface area contributed by atoms with E-state index in [1.165, 1.54) is 6.92 Å². The second-order valence-corrected chi connectivity index (χ2v) is 6.03. The van der Waals surface area contributed by atoms with Crippen molar-refractivity contribution >= 4 is 23.3 Å². The number of fused-ring (bicyclic) bond motifs is 1. The van der Waals surface area contributed by atoms with Crippen LogP contribution < -0.4 is 15.0 Å². The molecular formula is C19H20N2O5. The standard InChI is InChI=1S/C19H20N2O5/c1-13(22)14-6-7-17-16(10-14)21(19(24)12-26-17)8-2-5-18(23)20-11-15-4-3-9-25-15/h3-4,6-7,9-10H,2,5,8,11-12H2,1H3,(H,20,23). The molecule has 3 rings (SSSR count). The Balaban J connectivity index is 1.57. The molecule has 0 radical (unpaired) electrons. The van der Waals surface area contributed by atoms with E-state index in [1.54, 1.807) is 41.5 Å². The molecule has 136 valence electrons. The van der Waals surface area contributed by atoms with Gasteiger partial charge in [0.05, 0.1) is 18.5 Å². The van der Waals surface area contributed by atoms with Gasteiger partial charge in [0, 0.05) is 18.5 Å². The third-order valence-corrected chi connectivity index (χ3v) is 4.13. The van der Waals surface area contributed by atoms with E-state index in [4.69, 9.17) is 9.15 Å². The van der Waals surface area contributed by atoms with Gasteiger partial charge >= 0.3 is 0 Å². The summed E-state index contributed by atoms with van der Waals surface area (Å²) in [7, 11) is 0. The topological polar surface area (TPSA) is 88.9 Å². The second kappa shape index (κ2) is 7.86. The monoisotopic (exact) mass is 356 g/mol. The Morgan fingerprint density at radius 1 is 1.27 bits per heavy atom. The van der Waals surface area contributed by atoms with Gasteiger partial charge in [-0.05, 0) is 43.7 Å². The Morgan fingerprint density at radius 2 is 2.12 bits per heavy atom. The average Bonchev–Trinajstić information content (AvgIpc) is 3.15. The lowest BCUT2D eigenvalue weighted by Gasteiger charge is -2.29. The zero-order chi connectivity index (χ0) is 18.5. The molecule has 0 unspecified atom stereocenters. The van der Waals surface area contributed by atoms with E-state index in [9.17, 15) is 14.4 Å². The number of carbonyl (C=O) groups excluding carboxylic acids is 3. The average molecular weight is 356 g/mol. The van der Waals surface area contributed by atoms with Crippen molar-refractivity contribution in [3.63, 3.8) is 0 Å². The summed E-state index contributed by atoms with van der Waals surface area (Å²) in [5.41, 5.74) is 1.09. The minimum Gasteiger partial charge on any atom is -0.482 e. The number of Topliss-reactive ketones (excluding diaryl/α,β-unsaturated/α-hetero) is 1. The summed E-state index contributed by atoms with van der Waals surface area (Å²) in [5, 5.41) is 2.77. The van der Waals surface area contributed by atoms with Gasteiger partial charge in [-0.2, -0.15) is 0 Å². The van der Waals surface area contributed by atoms with Gasteiger partial charge in [0.15, 0.2) is 12.4 Å². The van der Waals surface area contributed by atoms with Crippen molar-refractivity contribution in [3.05, 3.63) is 47.9 Å². The maximum atomic E-state index is 12.2. The summed E-state index contributed by atoms with van der Waals surface area (Å²) >= 11 is 0. The molecule has 0 bridgehead atoms. The molecule has 2 amide bonds. The van der Waals surface area contributed by atoms with Gasteiger partial charge in [0.1, 0.15) is 11.5 Å². The van der Waals surface area contributed by atoms with E-state index in [0.717, 1.165) is 0 Å². The van der Waals surface area contributed by atoms with E-state index >= 15 is 0 Å². The molecule has 1 aliphatic rings. The first kappa shape index (κ1) is 17.7. The minimum absolute atomic E-state index is 0.0445. The number of ether oxygens (including phenoxy) is 1. The number of furan rings is 1. The lowest BCUT2D eigenvalue weighted by Crippen LogP contribution is -2.40. The zero-order valence-electron chi connectivity index (χ0n) is 14.5. The first-order chi connectivity index (χ1) is 12.5. The third kappa shape index (κ3) is 4.11. The van der Waals surface area contributed by atoms with Gasteiger partial charge in [0.25, 0.3) is 5.91 Å². The fourth-order valence-electron chi connectivity index (χ4n) is 2.75. The van der Waals surface area contributed by atoms with Crippen LogP contribution in [0, 0.1) is 0 Å². The number of hydrogen-bond donors (Lipinski definition) is 1. The first-order valence-corrected chi connectivity index (χ1v) is 8.42. The Labute approximate surface area is 150 Å². The van der Waals surface area contributed by atoms with Gasteiger partial charge in [-0.25, -0.2) is 0 Å². The number of nitrogens with one attached hydrogen (secondary N) is 1. The van der Waals surface area contributed by atoms with Crippen molar-refractivity contribution in [1.29, 1.82) is 0 Å². The third-order valence-electron chi connectivity index (χ3n) is 4.13. The summed E-state index contributed by atoms with van der Waals surface area (Å²) in [4.78, 5) is 37.3. The molecule has 0 fully saturated rings. The van der Waals surface area contributed by atoms with Crippen molar-refractivity contribution in [1.82, 2.24) is 5.32 Å². The number of hydrogen-bond acceptors (Lipinski definition) is 5. The lowest BCUT2D eigenvalue weighted by atomic mass is 10.1. The highest BCUT2D eigenvalue weighted by Crippen LogP contribution is 2.33. The summed E-state index contributed by atoms with van der Waals surface area (Å²) in [6.07, 6.45) is 2.34. The Morgan fingerprint density at radius 3 is 2.85 bits per heavy atom. The molecule has 7 heteroatoms. The van der Waals surface area contributed by atoms with Crippen LogP contribution in [-0.4, -0.2) is 30.7 Å². The maximum absolute atomic E-state index is 12.2. The molecule has 1 aromatic carbocycles. The lowest BCUT2D eigenvalue weighted by molar-refractivity contribution is -0.123. The van der Waals surface area contributed by atoms with Crippen LogP contribution in [0.4, 0.5) is 5.69 Å². The largest absolute Gasteiger partial charge is 0.482 e.